The van der Waals surface area contributed by atoms with Crippen molar-refractivity contribution in [3.05, 3.63) is 168 Å². The Morgan fingerprint density at radius 1 is 0.420 bits per heavy atom. The molecule has 50 heavy (non-hydrogen) atoms. The van der Waals surface area contributed by atoms with Crippen LogP contribution in [0.2, 0.25) is 0 Å². The molecule has 3 aliphatic rings. The molecular weight excluding hydrogens is 617 g/mol. The Morgan fingerprint density at radius 2 is 0.820 bits per heavy atom. The van der Waals surface area contributed by atoms with E-state index < -0.39 is 12.2 Å². The van der Waals surface area contributed by atoms with E-state index in [0.29, 0.717) is 17.8 Å². The third-order valence-corrected chi connectivity index (χ3v) is 9.77. The molecule has 6 aromatic rings. The molecule has 0 saturated carbocycles. The van der Waals surface area contributed by atoms with Gasteiger partial charge >= 0.3 is 0 Å². The first-order chi connectivity index (χ1) is 24.6. The Balaban J connectivity index is 1.50. The molecule has 5 heterocycles. The number of fused-ring (bicyclic) bond motifs is 8. The highest BCUT2D eigenvalue weighted by Gasteiger charge is 2.35. The van der Waals surface area contributed by atoms with Crippen molar-refractivity contribution in [1.82, 2.24) is 19.9 Å². The highest BCUT2D eigenvalue weighted by atomic mass is 16.3. The maximum absolute atomic E-state index is 11.9. The Bertz CT molecular complexity index is 2450. The zero-order valence-electron chi connectivity index (χ0n) is 27.2. The lowest BCUT2D eigenvalue weighted by Crippen LogP contribution is -2.06. The number of rotatable bonds is 4. The smallest absolute Gasteiger partial charge is 0.128 e. The summed E-state index contributed by atoms with van der Waals surface area (Å²) in [5.41, 5.74) is 13.7. The Morgan fingerprint density at radius 3 is 1.36 bits per heavy atom. The molecule has 2 aromatic heterocycles. The molecule has 0 spiro atoms. The van der Waals surface area contributed by atoms with E-state index in [-0.39, 0.29) is 0 Å². The molecule has 0 radical (unpaired) electrons. The molecule has 6 nitrogen and oxygen atoms in total. The number of hydrogen-bond donors (Lipinski definition) is 4. The van der Waals surface area contributed by atoms with Gasteiger partial charge in [-0.05, 0) is 59.4 Å². The molecule has 4 N–H and O–H groups in total. The van der Waals surface area contributed by atoms with Crippen LogP contribution in [-0.4, -0.2) is 30.1 Å². The lowest BCUT2D eigenvalue weighted by atomic mass is 9.96. The van der Waals surface area contributed by atoms with Crippen LogP contribution in [0.5, 0.6) is 0 Å². The third kappa shape index (κ3) is 5.13. The van der Waals surface area contributed by atoms with Gasteiger partial charge in [0.25, 0.3) is 0 Å². The van der Waals surface area contributed by atoms with Crippen molar-refractivity contribution in [2.75, 3.05) is 0 Å². The first-order valence-electron chi connectivity index (χ1n) is 17.0. The van der Waals surface area contributed by atoms with Gasteiger partial charge in [0.15, 0.2) is 0 Å². The van der Waals surface area contributed by atoms with Crippen LogP contribution in [0.4, 0.5) is 0 Å². The minimum Gasteiger partial charge on any atom is -0.384 e. The Labute approximate surface area is 289 Å². The van der Waals surface area contributed by atoms with Crippen LogP contribution in [-0.2, 0) is 12.8 Å². The van der Waals surface area contributed by atoms with Gasteiger partial charge in [-0.25, -0.2) is 4.98 Å². The molecule has 0 aliphatic carbocycles. The largest absolute Gasteiger partial charge is 0.384 e. The summed E-state index contributed by atoms with van der Waals surface area (Å²) in [7, 11) is 0. The first kappa shape index (κ1) is 30.0. The molecule has 242 valence electrons. The second kappa shape index (κ2) is 12.4. The van der Waals surface area contributed by atoms with E-state index in [4.69, 9.17) is 9.97 Å². The second-order valence-corrected chi connectivity index (χ2v) is 12.8. The summed E-state index contributed by atoms with van der Waals surface area (Å²) in [5.74, 6) is 0. The number of aromatic amines is 2. The fourth-order valence-corrected chi connectivity index (χ4v) is 7.48. The van der Waals surface area contributed by atoms with Crippen molar-refractivity contribution in [1.29, 1.82) is 0 Å². The second-order valence-electron chi connectivity index (χ2n) is 12.8. The van der Waals surface area contributed by atoms with E-state index >= 15 is 0 Å². The van der Waals surface area contributed by atoms with Gasteiger partial charge in [0.05, 0.1) is 22.8 Å². The molecule has 0 unspecified atom stereocenters. The highest BCUT2D eigenvalue weighted by Crippen LogP contribution is 2.44. The Hall–Kier alpha value is -6.08. The van der Waals surface area contributed by atoms with E-state index in [1.165, 1.54) is 0 Å². The maximum atomic E-state index is 11.9. The van der Waals surface area contributed by atoms with Crippen LogP contribution >= 0.6 is 0 Å². The van der Waals surface area contributed by atoms with Gasteiger partial charge in [-0.3, -0.25) is 4.98 Å². The number of H-pyrrole nitrogens is 2. The predicted octanol–water partition coefficient (Wildman–Crippen LogP) is 9.43. The van der Waals surface area contributed by atoms with Crippen molar-refractivity contribution in [2.24, 2.45) is 0 Å². The summed E-state index contributed by atoms with van der Waals surface area (Å²) in [6.45, 7) is 0. The highest BCUT2D eigenvalue weighted by molar-refractivity contribution is 5.94. The normalized spacial score (nSPS) is 16.0. The van der Waals surface area contributed by atoms with Crippen LogP contribution in [0, 0.1) is 0 Å². The number of nitrogens with one attached hydrogen (secondary N) is 2. The number of benzene rings is 4. The summed E-state index contributed by atoms with van der Waals surface area (Å²) in [5, 5.41) is 23.7. The summed E-state index contributed by atoms with van der Waals surface area (Å²) in [4.78, 5) is 18.0. The molecular formula is C44H34N4O2. The van der Waals surface area contributed by atoms with Gasteiger partial charge in [-0.15, -0.1) is 0 Å². The number of hydrogen-bond acceptors (Lipinski definition) is 4. The molecule has 0 saturated heterocycles. The molecule has 9 rings (SSSR count). The summed E-state index contributed by atoms with van der Waals surface area (Å²) in [6, 6.07) is 44.7. The number of aliphatic hydroxyl groups is 2. The fourth-order valence-electron chi connectivity index (χ4n) is 7.48. The fraction of sp³-hybridized carbons (Fsp3) is 0.0909. The van der Waals surface area contributed by atoms with E-state index in [0.717, 1.165) is 84.7 Å². The lowest BCUT2D eigenvalue weighted by molar-refractivity contribution is 0.0259. The quantitative estimate of drug-likeness (QED) is 0.153. The number of aryl methyl sites for hydroxylation is 2. The number of aromatic nitrogens is 4. The van der Waals surface area contributed by atoms with Gasteiger partial charge in [0.2, 0.25) is 0 Å². The van der Waals surface area contributed by atoms with Crippen LogP contribution < -0.4 is 0 Å². The van der Waals surface area contributed by atoms with Gasteiger partial charge in [-0.2, -0.15) is 0 Å². The zero-order valence-corrected chi connectivity index (χ0v) is 27.2. The summed E-state index contributed by atoms with van der Waals surface area (Å²) in [6.07, 6.45) is 3.19. The molecule has 2 atom stereocenters. The predicted molar refractivity (Wildman–Crippen MR) is 200 cm³/mol. The van der Waals surface area contributed by atoms with Crippen LogP contribution in [0.25, 0.3) is 67.7 Å². The van der Waals surface area contributed by atoms with Crippen molar-refractivity contribution >= 4 is 23.2 Å². The molecule has 6 heteroatoms. The van der Waals surface area contributed by atoms with E-state index in [1.54, 1.807) is 0 Å². The Kier molecular flexibility index (Phi) is 7.46. The monoisotopic (exact) mass is 650 g/mol. The van der Waals surface area contributed by atoms with E-state index in [2.05, 4.69) is 64.6 Å². The lowest BCUT2D eigenvalue weighted by Gasteiger charge is -2.14. The number of nitrogens with zero attached hydrogens (tertiary/aromatic N) is 2. The number of aliphatic hydroxyl groups excluding tert-OH is 2. The van der Waals surface area contributed by atoms with Gasteiger partial charge in [-0.1, -0.05) is 121 Å². The first-order valence-corrected chi connectivity index (χ1v) is 17.0. The topological polar surface area (TPSA) is 97.8 Å². The average molecular weight is 651 g/mol. The maximum Gasteiger partial charge on any atom is 0.128 e. The molecule has 0 fully saturated rings. The van der Waals surface area contributed by atoms with Crippen molar-refractivity contribution in [3.63, 3.8) is 0 Å². The molecule has 0 amide bonds. The minimum absolute atomic E-state index is 0.418. The van der Waals surface area contributed by atoms with Gasteiger partial charge in [0, 0.05) is 44.7 Å². The molecule has 3 aliphatic heterocycles. The average Bonchev–Trinajstić information content (AvgIpc) is 3.99. The SMILES string of the molecule is O[C@@H]1c2nc(c(-c3ccccc3)c3[nH]c(c(-c4ccccc4)c4nc(c(-c5ccccc5)c5ccc([nH]5)c2-c2ccccc2)C=C4)CC3)[C@@H]1O. The van der Waals surface area contributed by atoms with Crippen LogP contribution in [0.1, 0.15) is 46.4 Å². The molecule has 4 aromatic carbocycles. The van der Waals surface area contributed by atoms with Crippen LogP contribution in [0.15, 0.2) is 133 Å². The molecule has 8 bridgehead atoms. The van der Waals surface area contributed by atoms with Gasteiger partial charge < -0.3 is 20.2 Å². The van der Waals surface area contributed by atoms with Crippen molar-refractivity contribution < 1.29 is 10.2 Å². The van der Waals surface area contributed by atoms with Gasteiger partial charge in [0.1, 0.15) is 12.2 Å². The zero-order chi connectivity index (χ0) is 33.6. The minimum atomic E-state index is -1.24. The third-order valence-electron chi connectivity index (χ3n) is 9.77. The van der Waals surface area contributed by atoms with E-state index in [1.807, 2.05) is 91.0 Å². The summed E-state index contributed by atoms with van der Waals surface area (Å²) >= 11 is 0. The van der Waals surface area contributed by atoms with E-state index in [9.17, 15) is 10.2 Å². The van der Waals surface area contributed by atoms with Crippen molar-refractivity contribution in [2.45, 2.75) is 25.0 Å². The summed E-state index contributed by atoms with van der Waals surface area (Å²) < 4.78 is 0. The van der Waals surface area contributed by atoms with Crippen LogP contribution in [0.3, 0.4) is 0 Å². The standard InChI is InChI=1S/C44H34N4O2/c49-43-41-39(29-17-9-3-10-18-29)35-25-23-33(46-35)37(27-13-5-1-6-14-27)31-21-22-32(45-31)38(28-15-7-2-8-16-28)34-24-26-36(47-34)40(42(48-41)44(43)50)30-19-11-4-12-20-30/h1-23,25,43-44,46-47,49-50H,24,26H2/t43-,44+/m1/s1. The van der Waals surface area contributed by atoms with Crippen molar-refractivity contribution in [3.8, 4) is 44.5 Å².